The standard InChI is InChI=1S/C19H20BrNO4/c1-10-16(17(20)11(2)25-10)19(22)21-18(12-3-4-12)13-5-6-14-15(9-13)24-8-7-23-14/h5-6,9,12,18H,3-4,7-8H2,1-2H3,(H,21,22). The maximum Gasteiger partial charge on any atom is 0.256 e. The zero-order chi connectivity index (χ0) is 17.6. The van der Waals surface area contributed by atoms with Crippen LogP contribution in [-0.4, -0.2) is 19.1 Å². The van der Waals surface area contributed by atoms with Crippen LogP contribution in [0.4, 0.5) is 0 Å². The van der Waals surface area contributed by atoms with Gasteiger partial charge in [0.1, 0.15) is 24.7 Å². The second-order valence-electron chi connectivity index (χ2n) is 6.60. The van der Waals surface area contributed by atoms with E-state index in [0.29, 0.717) is 36.2 Å². The second kappa shape index (κ2) is 6.41. The van der Waals surface area contributed by atoms with Crippen LogP contribution in [0.25, 0.3) is 0 Å². The smallest absolute Gasteiger partial charge is 0.256 e. The van der Waals surface area contributed by atoms with E-state index in [4.69, 9.17) is 13.9 Å². The number of nitrogens with one attached hydrogen (secondary N) is 1. The number of hydrogen-bond acceptors (Lipinski definition) is 4. The first-order chi connectivity index (χ1) is 12.0. The van der Waals surface area contributed by atoms with Gasteiger partial charge in [0, 0.05) is 0 Å². The van der Waals surface area contributed by atoms with Crippen molar-refractivity contribution in [3.05, 3.63) is 45.3 Å². The Hall–Kier alpha value is -1.95. The molecule has 25 heavy (non-hydrogen) atoms. The van der Waals surface area contributed by atoms with Crippen molar-refractivity contribution in [1.29, 1.82) is 0 Å². The van der Waals surface area contributed by atoms with Crippen LogP contribution in [-0.2, 0) is 0 Å². The Kier molecular flexibility index (Phi) is 4.23. The van der Waals surface area contributed by atoms with Crippen LogP contribution in [0.2, 0.25) is 0 Å². The molecule has 1 amide bonds. The first-order valence-corrected chi connectivity index (χ1v) is 9.30. The molecule has 2 heterocycles. The van der Waals surface area contributed by atoms with Crippen molar-refractivity contribution >= 4 is 21.8 Å². The molecule has 6 heteroatoms. The van der Waals surface area contributed by atoms with E-state index in [1.807, 2.05) is 32.0 Å². The molecule has 1 aromatic heterocycles. The highest BCUT2D eigenvalue weighted by Crippen LogP contribution is 2.43. The van der Waals surface area contributed by atoms with Crippen molar-refractivity contribution < 1.29 is 18.7 Å². The van der Waals surface area contributed by atoms with E-state index in [9.17, 15) is 4.79 Å². The Labute approximate surface area is 154 Å². The van der Waals surface area contributed by atoms with Gasteiger partial charge in [0.05, 0.1) is 16.1 Å². The Morgan fingerprint density at radius 1 is 1.16 bits per heavy atom. The molecule has 132 valence electrons. The molecule has 2 aromatic rings. The van der Waals surface area contributed by atoms with E-state index in [-0.39, 0.29) is 11.9 Å². The van der Waals surface area contributed by atoms with Gasteiger partial charge in [-0.3, -0.25) is 4.79 Å². The number of carbonyl (C=O) groups is 1. The summed E-state index contributed by atoms with van der Waals surface area (Å²) in [7, 11) is 0. The van der Waals surface area contributed by atoms with Gasteiger partial charge in [-0.1, -0.05) is 6.07 Å². The monoisotopic (exact) mass is 405 g/mol. The van der Waals surface area contributed by atoms with Gasteiger partial charge in [-0.15, -0.1) is 0 Å². The summed E-state index contributed by atoms with van der Waals surface area (Å²) in [5.41, 5.74) is 1.62. The highest BCUT2D eigenvalue weighted by molar-refractivity contribution is 9.10. The van der Waals surface area contributed by atoms with Gasteiger partial charge in [-0.05, 0) is 66.2 Å². The molecule has 1 N–H and O–H groups in total. The lowest BCUT2D eigenvalue weighted by Crippen LogP contribution is -2.30. The molecular weight excluding hydrogens is 386 g/mol. The lowest BCUT2D eigenvalue weighted by Gasteiger charge is -2.23. The third-order valence-electron chi connectivity index (χ3n) is 4.72. The number of benzene rings is 1. The summed E-state index contributed by atoms with van der Waals surface area (Å²) in [6.07, 6.45) is 2.23. The Morgan fingerprint density at radius 2 is 1.88 bits per heavy atom. The third-order valence-corrected chi connectivity index (χ3v) is 5.67. The molecule has 2 aliphatic rings. The number of furan rings is 1. The molecule has 1 unspecified atom stereocenters. The zero-order valence-corrected chi connectivity index (χ0v) is 15.8. The molecule has 4 rings (SSSR count). The summed E-state index contributed by atoms with van der Waals surface area (Å²) in [6, 6.07) is 5.89. The van der Waals surface area contributed by atoms with Crippen molar-refractivity contribution in [2.24, 2.45) is 5.92 Å². The van der Waals surface area contributed by atoms with Gasteiger partial charge in [0.15, 0.2) is 11.5 Å². The van der Waals surface area contributed by atoms with Crippen molar-refractivity contribution in [3.8, 4) is 11.5 Å². The zero-order valence-electron chi connectivity index (χ0n) is 14.2. The number of halogens is 1. The molecule has 1 atom stereocenters. The number of rotatable bonds is 4. The minimum atomic E-state index is -0.118. The van der Waals surface area contributed by atoms with Crippen molar-refractivity contribution in [2.45, 2.75) is 32.7 Å². The van der Waals surface area contributed by atoms with Crippen LogP contribution in [0.1, 0.15) is 46.3 Å². The SMILES string of the molecule is Cc1oc(C)c(C(=O)NC(c2ccc3c(c2)OCCO3)C2CC2)c1Br. The van der Waals surface area contributed by atoms with Gasteiger partial charge in [0.2, 0.25) is 0 Å². The summed E-state index contributed by atoms with van der Waals surface area (Å²) in [5.74, 6) is 3.19. The molecule has 5 nitrogen and oxygen atoms in total. The van der Waals surface area contributed by atoms with Crippen LogP contribution < -0.4 is 14.8 Å². The fraction of sp³-hybridized carbons (Fsp3) is 0.421. The molecule has 1 fully saturated rings. The molecule has 1 saturated carbocycles. The molecule has 0 saturated heterocycles. The number of amides is 1. The average Bonchev–Trinajstić information content (AvgIpc) is 3.40. The maximum atomic E-state index is 12.8. The van der Waals surface area contributed by atoms with Crippen LogP contribution >= 0.6 is 15.9 Å². The largest absolute Gasteiger partial charge is 0.486 e. The number of aryl methyl sites for hydroxylation is 2. The molecule has 0 bridgehead atoms. The van der Waals surface area contributed by atoms with Gasteiger partial charge >= 0.3 is 0 Å². The summed E-state index contributed by atoms with van der Waals surface area (Å²) >= 11 is 3.46. The number of carbonyl (C=O) groups excluding carboxylic acids is 1. The quantitative estimate of drug-likeness (QED) is 0.822. The highest BCUT2D eigenvalue weighted by atomic mass is 79.9. The topological polar surface area (TPSA) is 60.7 Å². The van der Waals surface area contributed by atoms with E-state index in [1.165, 1.54) is 0 Å². The number of hydrogen-bond donors (Lipinski definition) is 1. The average molecular weight is 406 g/mol. The minimum Gasteiger partial charge on any atom is -0.486 e. The molecule has 0 radical (unpaired) electrons. The fourth-order valence-corrected chi connectivity index (χ4v) is 3.83. The lowest BCUT2D eigenvalue weighted by atomic mass is 10.0. The summed E-state index contributed by atoms with van der Waals surface area (Å²) in [6.45, 7) is 4.77. The van der Waals surface area contributed by atoms with E-state index >= 15 is 0 Å². The van der Waals surface area contributed by atoms with Crippen molar-refractivity contribution in [1.82, 2.24) is 5.32 Å². The third kappa shape index (κ3) is 3.15. The van der Waals surface area contributed by atoms with E-state index < -0.39 is 0 Å². The van der Waals surface area contributed by atoms with Gasteiger partial charge in [-0.2, -0.15) is 0 Å². The van der Waals surface area contributed by atoms with Crippen LogP contribution in [0.15, 0.2) is 27.1 Å². The lowest BCUT2D eigenvalue weighted by molar-refractivity contribution is 0.0929. The molecule has 1 aromatic carbocycles. The van der Waals surface area contributed by atoms with Crippen LogP contribution in [0.3, 0.4) is 0 Å². The van der Waals surface area contributed by atoms with E-state index in [2.05, 4.69) is 21.2 Å². The highest BCUT2D eigenvalue weighted by Gasteiger charge is 2.35. The van der Waals surface area contributed by atoms with E-state index in [0.717, 1.165) is 34.4 Å². The molecule has 0 spiro atoms. The maximum absolute atomic E-state index is 12.8. The predicted molar refractivity (Wildman–Crippen MR) is 96.2 cm³/mol. The molecular formula is C19H20BrNO4. The van der Waals surface area contributed by atoms with Crippen molar-refractivity contribution in [3.63, 3.8) is 0 Å². The first kappa shape index (κ1) is 16.5. The van der Waals surface area contributed by atoms with Gasteiger partial charge < -0.3 is 19.2 Å². The summed E-state index contributed by atoms with van der Waals surface area (Å²) in [4.78, 5) is 12.8. The van der Waals surface area contributed by atoms with Crippen molar-refractivity contribution in [2.75, 3.05) is 13.2 Å². The minimum absolute atomic E-state index is 0.0372. The van der Waals surface area contributed by atoms with Gasteiger partial charge in [-0.25, -0.2) is 0 Å². The Morgan fingerprint density at radius 3 is 2.52 bits per heavy atom. The number of ether oxygens (including phenoxy) is 2. The van der Waals surface area contributed by atoms with Crippen LogP contribution in [0, 0.1) is 19.8 Å². The summed E-state index contributed by atoms with van der Waals surface area (Å²) in [5, 5.41) is 3.19. The summed E-state index contributed by atoms with van der Waals surface area (Å²) < 4.78 is 17.6. The molecule has 1 aliphatic carbocycles. The van der Waals surface area contributed by atoms with Gasteiger partial charge in [0.25, 0.3) is 5.91 Å². The number of fused-ring (bicyclic) bond motifs is 1. The fourth-order valence-electron chi connectivity index (χ4n) is 3.29. The molecule has 1 aliphatic heterocycles. The second-order valence-corrected chi connectivity index (χ2v) is 7.39. The Balaban J connectivity index is 1.61. The van der Waals surface area contributed by atoms with E-state index in [1.54, 1.807) is 0 Å². The predicted octanol–water partition coefficient (Wildman–Crippen LogP) is 4.31. The normalized spacial score (nSPS) is 17.2. The Bertz CT molecular complexity index is 825. The first-order valence-electron chi connectivity index (χ1n) is 8.50. The van der Waals surface area contributed by atoms with Crippen LogP contribution in [0.5, 0.6) is 11.5 Å².